The molecule has 0 heterocycles. The van der Waals surface area contributed by atoms with Crippen LogP contribution in [0.3, 0.4) is 0 Å². The average molecular weight is 252 g/mol. The Morgan fingerprint density at radius 1 is 1.53 bits per heavy atom. The molecule has 1 unspecified atom stereocenters. The summed E-state index contributed by atoms with van der Waals surface area (Å²) in [6, 6.07) is 0. The maximum absolute atomic E-state index is 10.3. The molecule has 0 aliphatic carbocycles. The Bertz CT molecular complexity index is 217. The number of hydrogen-bond donors (Lipinski definition) is 4. The normalized spacial score (nSPS) is 11.3. The molecule has 0 aliphatic rings. The molecule has 0 aromatic carbocycles. The molecule has 0 rings (SSSR count). The van der Waals surface area contributed by atoms with Gasteiger partial charge >= 0.3 is 43.3 Å². The first kappa shape index (κ1) is 20.7. The zero-order valence-corrected chi connectivity index (χ0v) is 8.42. The summed E-state index contributed by atoms with van der Waals surface area (Å²) in [5.41, 5.74) is 0. The predicted molar refractivity (Wildman–Crippen MR) is 54.0 cm³/mol. The first-order chi connectivity index (χ1) is 6.20. The second kappa shape index (κ2) is 10.8. The number of rotatable bonds is 3. The van der Waals surface area contributed by atoms with Gasteiger partial charge in [-0.15, -0.1) is 0 Å². The summed E-state index contributed by atoms with van der Waals surface area (Å²) in [5, 5.41) is 8.67. The van der Waals surface area contributed by atoms with Gasteiger partial charge in [-0.05, 0) is 0 Å². The molecule has 86 valence electrons. The predicted octanol–water partition coefficient (Wildman–Crippen LogP) is -1.13. The van der Waals surface area contributed by atoms with Gasteiger partial charge in [-0.25, -0.2) is 9.36 Å². The van der Waals surface area contributed by atoms with Crippen molar-refractivity contribution in [2.75, 3.05) is 0 Å². The van der Waals surface area contributed by atoms with Crippen LogP contribution in [-0.4, -0.2) is 61.6 Å². The molecule has 0 bridgehead atoms. The molecule has 0 aliphatic heterocycles. The van der Waals surface area contributed by atoms with E-state index in [1.54, 1.807) is 6.92 Å². The van der Waals surface area contributed by atoms with Crippen LogP contribution in [0.2, 0.25) is 0 Å². The Labute approximate surface area is 109 Å². The first-order valence-electron chi connectivity index (χ1n) is 3.50. The molecule has 1 atom stereocenters. The summed E-state index contributed by atoms with van der Waals surface area (Å²) in [4.78, 5) is 31.8. The number of carbonyl (C=O) groups excluding carboxylic acids is 1. The minimum atomic E-state index is -4.64. The van der Waals surface area contributed by atoms with E-state index in [0.717, 1.165) is 6.08 Å². The Balaban J connectivity index is -0.000000208. The monoisotopic (exact) mass is 252 g/mol. The van der Waals surface area contributed by atoms with E-state index in [-0.39, 0.29) is 29.6 Å². The number of carbonyl (C=O) groups is 1. The molecule has 0 spiro atoms. The van der Waals surface area contributed by atoms with Crippen molar-refractivity contribution < 1.29 is 33.9 Å². The number of aliphatic hydroxyl groups excluding tert-OH is 1. The van der Waals surface area contributed by atoms with Crippen molar-refractivity contribution in [1.82, 2.24) is 0 Å². The summed E-state index contributed by atoms with van der Waals surface area (Å²) >= 11 is 0. The van der Waals surface area contributed by atoms with Crippen molar-refractivity contribution >= 4 is 43.3 Å². The van der Waals surface area contributed by atoms with E-state index >= 15 is 0 Å². The SMILES string of the molecule is C=CC(=O)OC(O)CC.O=P(O)(O)O.[NaH]. The number of aliphatic hydroxyl groups is 1. The van der Waals surface area contributed by atoms with Crippen LogP contribution in [-0.2, 0) is 14.1 Å². The van der Waals surface area contributed by atoms with Crippen LogP contribution in [0.15, 0.2) is 12.7 Å². The van der Waals surface area contributed by atoms with Crippen LogP contribution >= 0.6 is 7.82 Å². The van der Waals surface area contributed by atoms with Gasteiger partial charge in [-0.1, -0.05) is 13.5 Å². The molecule has 0 aromatic rings. The zero-order chi connectivity index (χ0) is 11.8. The number of esters is 1. The standard InChI is InChI=1S/C6H10O3.Na.H3O4P.H/c1-3-5(7)9-6(8)4-2;;1-5(2,3)4;/h3,6,8H,1,4H2,2H3;;(H3,1,2,3,4);. The van der Waals surface area contributed by atoms with E-state index < -0.39 is 20.1 Å². The quantitative estimate of drug-likeness (QED) is 0.165. The summed E-state index contributed by atoms with van der Waals surface area (Å²) in [5.74, 6) is -0.593. The Morgan fingerprint density at radius 3 is 2.07 bits per heavy atom. The van der Waals surface area contributed by atoms with Gasteiger partial charge in [-0.2, -0.15) is 0 Å². The van der Waals surface area contributed by atoms with Gasteiger partial charge in [0.05, 0.1) is 0 Å². The van der Waals surface area contributed by atoms with Gasteiger partial charge in [0, 0.05) is 12.5 Å². The van der Waals surface area contributed by atoms with Crippen molar-refractivity contribution in [2.45, 2.75) is 19.6 Å². The third-order valence-electron chi connectivity index (χ3n) is 0.768. The van der Waals surface area contributed by atoms with Gasteiger partial charge in [0.15, 0.2) is 0 Å². The molecule has 0 fully saturated rings. The van der Waals surface area contributed by atoms with Crippen LogP contribution in [0.4, 0.5) is 0 Å². The second-order valence-corrected chi connectivity index (χ2v) is 3.04. The number of ether oxygens (including phenoxy) is 1. The van der Waals surface area contributed by atoms with E-state index in [1.807, 2.05) is 0 Å². The minimum absolute atomic E-state index is 0. The summed E-state index contributed by atoms with van der Waals surface area (Å²) in [7, 11) is -4.64. The van der Waals surface area contributed by atoms with E-state index in [9.17, 15) is 4.79 Å². The van der Waals surface area contributed by atoms with E-state index in [4.69, 9.17) is 24.4 Å². The Morgan fingerprint density at radius 2 is 1.87 bits per heavy atom. The van der Waals surface area contributed by atoms with E-state index in [2.05, 4.69) is 11.3 Å². The Hall–Kier alpha value is 0.280. The van der Waals surface area contributed by atoms with Crippen LogP contribution < -0.4 is 0 Å². The Kier molecular flexibility index (Phi) is 14.9. The molecule has 9 heteroatoms. The summed E-state index contributed by atoms with van der Waals surface area (Å²) in [6.07, 6.45) is 0.425. The second-order valence-electron chi connectivity index (χ2n) is 2.02. The van der Waals surface area contributed by atoms with Gasteiger partial charge in [0.25, 0.3) is 0 Å². The molecule has 0 amide bonds. The van der Waals surface area contributed by atoms with Gasteiger partial charge < -0.3 is 24.5 Å². The number of phosphoric acid groups is 1. The van der Waals surface area contributed by atoms with Crippen molar-refractivity contribution in [3.63, 3.8) is 0 Å². The van der Waals surface area contributed by atoms with Crippen molar-refractivity contribution in [3.8, 4) is 0 Å². The van der Waals surface area contributed by atoms with Crippen LogP contribution in [0, 0.1) is 0 Å². The summed E-state index contributed by atoms with van der Waals surface area (Å²) < 4.78 is 13.2. The molecule has 0 aromatic heterocycles. The van der Waals surface area contributed by atoms with E-state index in [1.165, 1.54) is 0 Å². The topological polar surface area (TPSA) is 124 Å². The van der Waals surface area contributed by atoms with Crippen molar-refractivity contribution in [1.29, 1.82) is 0 Å². The van der Waals surface area contributed by atoms with Crippen LogP contribution in [0.5, 0.6) is 0 Å². The molecular formula is C6H14NaO7P. The fourth-order valence-electron chi connectivity index (χ4n) is 0.266. The molecule has 0 radical (unpaired) electrons. The molecule has 15 heavy (non-hydrogen) atoms. The molecule has 0 saturated carbocycles. The third-order valence-corrected chi connectivity index (χ3v) is 0.768. The fraction of sp³-hybridized carbons (Fsp3) is 0.500. The van der Waals surface area contributed by atoms with Crippen molar-refractivity contribution in [3.05, 3.63) is 12.7 Å². The molecule has 0 saturated heterocycles. The van der Waals surface area contributed by atoms with Gasteiger partial charge in [0.2, 0.25) is 6.29 Å². The van der Waals surface area contributed by atoms with Crippen LogP contribution in [0.1, 0.15) is 13.3 Å². The van der Waals surface area contributed by atoms with Crippen LogP contribution in [0.25, 0.3) is 0 Å². The maximum atomic E-state index is 10.3. The fourth-order valence-corrected chi connectivity index (χ4v) is 0.266. The molecular weight excluding hydrogens is 238 g/mol. The molecule has 7 nitrogen and oxygen atoms in total. The van der Waals surface area contributed by atoms with Gasteiger partial charge in [0.1, 0.15) is 0 Å². The van der Waals surface area contributed by atoms with E-state index in [0.29, 0.717) is 6.42 Å². The molecule has 4 N–H and O–H groups in total. The third kappa shape index (κ3) is 31.4. The summed E-state index contributed by atoms with van der Waals surface area (Å²) in [6.45, 7) is 4.87. The number of hydrogen-bond acceptors (Lipinski definition) is 4. The average Bonchev–Trinajstić information content (AvgIpc) is 2.01. The zero-order valence-electron chi connectivity index (χ0n) is 7.53. The van der Waals surface area contributed by atoms with Gasteiger partial charge in [-0.3, -0.25) is 0 Å². The first-order valence-corrected chi connectivity index (χ1v) is 5.06. The van der Waals surface area contributed by atoms with Crippen molar-refractivity contribution in [2.24, 2.45) is 0 Å².